The molecule has 27 heavy (non-hydrogen) atoms. The van der Waals surface area contributed by atoms with Gasteiger partial charge in [-0.15, -0.1) is 0 Å². The summed E-state index contributed by atoms with van der Waals surface area (Å²) >= 11 is -0.985. The van der Waals surface area contributed by atoms with Crippen LogP contribution < -0.4 is 0 Å². The molecular weight excluding hydrogens is 398 g/mol. The van der Waals surface area contributed by atoms with Crippen molar-refractivity contribution in [2.24, 2.45) is 17.3 Å². The van der Waals surface area contributed by atoms with Gasteiger partial charge in [-0.05, 0) is 0 Å². The van der Waals surface area contributed by atoms with Crippen LogP contribution in [-0.4, -0.2) is 21.4 Å². The summed E-state index contributed by atoms with van der Waals surface area (Å²) in [7, 11) is 2.50. The minimum atomic E-state index is -0.985. The van der Waals surface area contributed by atoms with E-state index >= 15 is 0 Å². The summed E-state index contributed by atoms with van der Waals surface area (Å²) in [6, 6.07) is 0. The molecule has 0 aromatic heterocycles. The van der Waals surface area contributed by atoms with Crippen LogP contribution in [0.3, 0.4) is 0 Å². The van der Waals surface area contributed by atoms with Gasteiger partial charge in [-0.3, -0.25) is 0 Å². The second-order valence-corrected chi connectivity index (χ2v) is 18.7. The molecule has 0 nitrogen and oxygen atoms in total. The van der Waals surface area contributed by atoms with Crippen molar-refractivity contribution < 1.29 is 17.9 Å². The van der Waals surface area contributed by atoms with E-state index in [1.54, 1.807) is 19.3 Å². The Morgan fingerprint density at radius 1 is 0.889 bits per heavy atom. The Hall–Kier alpha value is 1.57. The number of rotatable bonds is 13. The van der Waals surface area contributed by atoms with Crippen LogP contribution in [-0.2, 0) is 17.9 Å². The maximum atomic E-state index is 2.73. The monoisotopic (exact) mass is 449 g/mol. The first-order valence-electron chi connectivity index (χ1n) is 12.1. The van der Waals surface area contributed by atoms with Gasteiger partial charge in [-0.25, -0.2) is 0 Å². The van der Waals surface area contributed by atoms with Crippen LogP contribution in [0.4, 0.5) is 0 Å². The average Bonchev–Trinajstić information content (AvgIpc) is 2.66. The molecule has 1 saturated carbocycles. The number of hydrogen-bond donors (Lipinski definition) is 0. The fourth-order valence-corrected chi connectivity index (χ4v) is 14.6. The molecule has 0 aromatic carbocycles. The molecule has 1 rings (SSSR count). The zero-order valence-corrected chi connectivity index (χ0v) is 23.6. The van der Waals surface area contributed by atoms with E-state index in [0.29, 0.717) is 5.41 Å². The van der Waals surface area contributed by atoms with E-state index in [1.807, 2.05) is 0 Å². The zero-order valence-electron chi connectivity index (χ0n) is 20.0. The van der Waals surface area contributed by atoms with Crippen LogP contribution in [0.25, 0.3) is 0 Å². The van der Waals surface area contributed by atoms with Gasteiger partial charge in [0.1, 0.15) is 0 Å². The Balaban J connectivity index is 3.23. The van der Waals surface area contributed by atoms with E-state index in [1.165, 1.54) is 68.0 Å². The average molecular weight is 449 g/mol. The first kappa shape index (κ1) is 26.6. The quantitative estimate of drug-likeness (QED) is 0.149. The van der Waals surface area contributed by atoms with Crippen LogP contribution >= 0.6 is 17.2 Å². The molecule has 0 amide bonds. The molecule has 1 fully saturated rings. The van der Waals surface area contributed by atoms with Crippen LogP contribution in [0.2, 0.25) is 10.5 Å². The van der Waals surface area contributed by atoms with E-state index in [4.69, 9.17) is 0 Å². The molecule has 6 atom stereocenters. The Morgan fingerprint density at radius 2 is 1.44 bits per heavy atom. The molecule has 0 aromatic rings. The van der Waals surface area contributed by atoms with Crippen molar-refractivity contribution >= 4 is 17.2 Å². The zero-order chi connectivity index (χ0) is 20.5. The molecule has 0 radical (unpaired) electrons. The minimum absolute atomic E-state index is 0.634. The second kappa shape index (κ2) is 13.1. The molecule has 3 heteroatoms. The summed E-state index contributed by atoms with van der Waals surface area (Å²) in [6.07, 6.45) is 16.3. The molecule has 0 aliphatic heterocycles. The SMILES string of the molecule is CCCCPC1CC(C(C)CC)(C(C)CC)C[C](PCCCC)([Ti]([CH3])[CH3])C1. The number of hydrogen-bond acceptors (Lipinski definition) is 0. The van der Waals surface area contributed by atoms with Gasteiger partial charge < -0.3 is 0 Å². The van der Waals surface area contributed by atoms with E-state index < -0.39 is 17.9 Å². The van der Waals surface area contributed by atoms with Gasteiger partial charge in [-0.1, -0.05) is 0 Å². The second-order valence-electron chi connectivity index (χ2n) is 9.80. The van der Waals surface area contributed by atoms with Gasteiger partial charge in [0.25, 0.3) is 0 Å². The van der Waals surface area contributed by atoms with Gasteiger partial charge in [-0.2, -0.15) is 0 Å². The Labute approximate surface area is 183 Å². The topological polar surface area (TPSA) is 0 Å². The van der Waals surface area contributed by atoms with E-state index in [-0.39, 0.29) is 0 Å². The summed E-state index contributed by atoms with van der Waals surface area (Å²) in [5.41, 5.74) is 1.68. The summed E-state index contributed by atoms with van der Waals surface area (Å²) in [6.45, 7) is 14.9. The van der Waals surface area contributed by atoms with Gasteiger partial charge in [0.2, 0.25) is 0 Å². The third-order valence-electron chi connectivity index (χ3n) is 7.95. The Kier molecular flexibility index (Phi) is 12.9. The molecule has 161 valence electrons. The third kappa shape index (κ3) is 7.05. The van der Waals surface area contributed by atoms with Gasteiger partial charge in [0.15, 0.2) is 0 Å². The maximum absolute atomic E-state index is 2.73. The predicted octanol–water partition coefficient (Wildman–Crippen LogP) is 8.99. The van der Waals surface area contributed by atoms with Crippen LogP contribution in [0.1, 0.15) is 99.3 Å². The fourth-order valence-electron chi connectivity index (χ4n) is 5.53. The van der Waals surface area contributed by atoms with Crippen LogP contribution in [0.5, 0.6) is 0 Å². The Morgan fingerprint density at radius 3 is 1.93 bits per heavy atom. The van der Waals surface area contributed by atoms with Gasteiger partial charge >= 0.3 is 184 Å². The molecule has 0 spiro atoms. The molecule has 1 aliphatic carbocycles. The summed E-state index contributed by atoms with van der Waals surface area (Å²) in [4.78, 5) is 0. The molecule has 0 N–H and O–H groups in total. The van der Waals surface area contributed by atoms with E-state index in [9.17, 15) is 0 Å². The van der Waals surface area contributed by atoms with Gasteiger partial charge in [0.05, 0.1) is 0 Å². The molecule has 0 heterocycles. The molecule has 0 saturated heterocycles. The van der Waals surface area contributed by atoms with Crippen molar-refractivity contribution in [3.8, 4) is 0 Å². The van der Waals surface area contributed by atoms with E-state index in [0.717, 1.165) is 21.0 Å². The fraction of sp³-hybridized carbons (Fsp3) is 1.00. The predicted molar refractivity (Wildman–Crippen MR) is 130 cm³/mol. The van der Waals surface area contributed by atoms with Crippen molar-refractivity contribution in [1.82, 2.24) is 0 Å². The summed E-state index contributed by atoms with van der Waals surface area (Å²) in [5, 5.41) is 5.46. The van der Waals surface area contributed by atoms with Crippen molar-refractivity contribution in [3.63, 3.8) is 0 Å². The van der Waals surface area contributed by atoms with E-state index in [2.05, 4.69) is 52.0 Å². The standard InChI is InChI=1S/C22H45P2.2CH3.Ti/c1-7-11-13-23-20-15-21(24-14-12-8-2)17-22(16-20,18(5)9-3)19(6)10-4;;;/h18-20,23-24H,7-17H2,1-6H3;2*1H3;. The summed E-state index contributed by atoms with van der Waals surface area (Å²) in [5.74, 6) is 1.80. The van der Waals surface area contributed by atoms with Crippen molar-refractivity contribution in [1.29, 1.82) is 0 Å². The molecule has 6 unspecified atom stereocenters. The van der Waals surface area contributed by atoms with Gasteiger partial charge in [0, 0.05) is 0 Å². The molecule has 1 aliphatic rings. The third-order valence-corrected chi connectivity index (χ3v) is 17.7. The van der Waals surface area contributed by atoms with Crippen molar-refractivity contribution in [3.05, 3.63) is 0 Å². The Bertz CT molecular complexity index is 388. The van der Waals surface area contributed by atoms with Crippen molar-refractivity contribution in [2.45, 2.75) is 119 Å². The number of unbranched alkanes of at least 4 members (excludes halogenated alkanes) is 2. The molecule has 0 bridgehead atoms. The van der Waals surface area contributed by atoms with Crippen LogP contribution in [0, 0.1) is 17.3 Å². The normalized spacial score (nSPS) is 31.8. The van der Waals surface area contributed by atoms with Crippen LogP contribution in [0.15, 0.2) is 0 Å². The first-order valence-corrected chi connectivity index (χ1v) is 18.5. The molecular formula is C24H51P2Ti. The first-order chi connectivity index (χ1) is 12.8. The summed E-state index contributed by atoms with van der Waals surface area (Å²) < 4.78 is 0.796. The van der Waals surface area contributed by atoms with Crippen molar-refractivity contribution in [2.75, 3.05) is 12.3 Å².